The lowest BCUT2D eigenvalue weighted by atomic mass is 10.0. The number of halogens is 3. The first kappa shape index (κ1) is 17.1. The average Bonchev–Trinajstić information content (AvgIpc) is 2.49. The molecule has 0 spiro atoms. The number of alkyl halides is 3. The van der Waals surface area contributed by atoms with Gasteiger partial charge in [-0.1, -0.05) is 29.4 Å². The fourth-order valence-electron chi connectivity index (χ4n) is 2.06. The molecule has 2 aromatic carbocycles. The minimum absolute atomic E-state index is 0.00783. The van der Waals surface area contributed by atoms with Gasteiger partial charge in [0, 0.05) is 0 Å². The summed E-state index contributed by atoms with van der Waals surface area (Å²) in [4.78, 5) is 5.19. The minimum Gasteiger partial charge on any atom is -0.391 e. The number of hydrogen-bond donors (Lipinski definition) is 0. The van der Waals surface area contributed by atoms with E-state index >= 15 is 0 Å². The van der Waals surface area contributed by atoms with Crippen LogP contribution in [0.3, 0.4) is 0 Å². The number of nitrogens with zero attached hydrogens (tertiary/aromatic N) is 1. The van der Waals surface area contributed by atoms with Crippen LogP contribution in [0, 0.1) is 13.8 Å². The van der Waals surface area contributed by atoms with Crippen molar-refractivity contribution in [3.8, 4) is 0 Å². The van der Waals surface area contributed by atoms with Crippen molar-refractivity contribution in [3.05, 3.63) is 70.3 Å². The van der Waals surface area contributed by atoms with Gasteiger partial charge in [-0.05, 0) is 61.2 Å². The van der Waals surface area contributed by atoms with E-state index in [2.05, 4.69) is 5.16 Å². The molecule has 0 saturated heterocycles. The summed E-state index contributed by atoms with van der Waals surface area (Å²) in [5.74, 6) is 0. The zero-order valence-electron chi connectivity index (χ0n) is 13.2. The molecule has 0 aliphatic rings. The maximum atomic E-state index is 12.6. The number of benzene rings is 2. The van der Waals surface area contributed by atoms with Crippen molar-refractivity contribution in [1.29, 1.82) is 0 Å². The predicted octanol–water partition coefficient (Wildman–Crippen LogP) is 5.26. The molecule has 0 bridgehead atoms. The normalized spacial score (nSPS) is 12.3. The van der Waals surface area contributed by atoms with Gasteiger partial charge in [0.15, 0.2) is 0 Å². The van der Waals surface area contributed by atoms with E-state index in [1.165, 1.54) is 11.6 Å². The molecule has 2 nitrogen and oxygen atoms in total. The highest BCUT2D eigenvalue weighted by atomic mass is 19.4. The van der Waals surface area contributed by atoms with Gasteiger partial charge in [0.2, 0.25) is 0 Å². The van der Waals surface area contributed by atoms with Gasteiger partial charge in [0.1, 0.15) is 6.61 Å². The van der Waals surface area contributed by atoms with Gasteiger partial charge in [-0.15, -0.1) is 0 Å². The second-order valence-corrected chi connectivity index (χ2v) is 5.45. The molecule has 0 unspecified atom stereocenters. The van der Waals surface area contributed by atoms with Crippen LogP contribution < -0.4 is 0 Å². The molecular weight excluding hydrogens is 303 g/mol. The maximum absolute atomic E-state index is 12.6. The summed E-state index contributed by atoms with van der Waals surface area (Å²) < 4.78 is 37.9. The average molecular weight is 321 g/mol. The van der Waals surface area contributed by atoms with Gasteiger partial charge in [-0.3, -0.25) is 0 Å². The Bertz CT molecular complexity index is 720. The molecule has 0 atom stereocenters. The summed E-state index contributed by atoms with van der Waals surface area (Å²) in [7, 11) is 0. The highest BCUT2D eigenvalue weighted by molar-refractivity contribution is 5.98. The number of oxime groups is 1. The molecule has 0 saturated carbocycles. The van der Waals surface area contributed by atoms with Crippen LogP contribution in [0.1, 0.15) is 34.7 Å². The van der Waals surface area contributed by atoms with Crippen LogP contribution in [0.15, 0.2) is 47.6 Å². The van der Waals surface area contributed by atoms with Crippen LogP contribution in [0.2, 0.25) is 0 Å². The SMILES string of the molecule is CC(=NOCc1cccc(C(F)(F)F)c1)c1ccc(C)c(C)c1. The van der Waals surface area contributed by atoms with Crippen LogP contribution in [0.5, 0.6) is 0 Å². The van der Waals surface area contributed by atoms with E-state index in [1.54, 1.807) is 13.0 Å². The lowest BCUT2D eigenvalue weighted by Crippen LogP contribution is -2.05. The smallest absolute Gasteiger partial charge is 0.391 e. The van der Waals surface area contributed by atoms with Crippen molar-refractivity contribution in [3.63, 3.8) is 0 Å². The van der Waals surface area contributed by atoms with Crippen molar-refractivity contribution >= 4 is 5.71 Å². The molecule has 2 aromatic rings. The lowest BCUT2D eigenvalue weighted by molar-refractivity contribution is -0.137. The quantitative estimate of drug-likeness (QED) is 0.556. The van der Waals surface area contributed by atoms with E-state index in [-0.39, 0.29) is 6.61 Å². The van der Waals surface area contributed by atoms with E-state index in [1.807, 2.05) is 32.0 Å². The molecule has 23 heavy (non-hydrogen) atoms. The Morgan fingerprint density at radius 3 is 2.43 bits per heavy atom. The second kappa shape index (κ2) is 6.86. The first-order valence-electron chi connectivity index (χ1n) is 7.17. The standard InChI is InChI=1S/C18H18F3NO/c1-12-7-8-16(9-13(12)2)14(3)22-23-11-15-5-4-6-17(10-15)18(19,20)21/h4-10H,11H2,1-3H3. The Morgan fingerprint density at radius 1 is 1.04 bits per heavy atom. The Morgan fingerprint density at radius 2 is 1.78 bits per heavy atom. The van der Waals surface area contributed by atoms with Crippen LogP contribution in [-0.4, -0.2) is 5.71 Å². The largest absolute Gasteiger partial charge is 0.416 e. The van der Waals surface area contributed by atoms with Crippen LogP contribution in [0.4, 0.5) is 13.2 Å². The maximum Gasteiger partial charge on any atom is 0.416 e. The summed E-state index contributed by atoms with van der Waals surface area (Å²) >= 11 is 0. The van der Waals surface area contributed by atoms with E-state index in [9.17, 15) is 13.2 Å². The van der Waals surface area contributed by atoms with Gasteiger partial charge in [0.25, 0.3) is 0 Å². The molecule has 5 heteroatoms. The monoisotopic (exact) mass is 321 g/mol. The first-order chi connectivity index (χ1) is 10.8. The molecular formula is C18H18F3NO. The molecule has 0 amide bonds. The lowest BCUT2D eigenvalue weighted by Gasteiger charge is -2.08. The van der Waals surface area contributed by atoms with E-state index in [0.717, 1.165) is 23.3 Å². The minimum atomic E-state index is -4.35. The van der Waals surface area contributed by atoms with Crippen molar-refractivity contribution in [1.82, 2.24) is 0 Å². The predicted molar refractivity (Wildman–Crippen MR) is 84.4 cm³/mol. The molecule has 0 aromatic heterocycles. The molecule has 2 rings (SSSR count). The zero-order chi connectivity index (χ0) is 17.0. The molecule has 0 aliphatic carbocycles. The topological polar surface area (TPSA) is 21.6 Å². The molecule has 0 N–H and O–H groups in total. The molecule has 0 fully saturated rings. The summed E-state index contributed by atoms with van der Waals surface area (Å²) in [6.45, 7) is 5.83. The number of hydrogen-bond acceptors (Lipinski definition) is 2. The fourth-order valence-corrected chi connectivity index (χ4v) is 2.06. The van der Waals surface area contributed by atoms with Crippen LogP contribution in [0.25, 0.3) is 0 Å². The Hall–Kier alpha value is -2.30. The molecule has 122 valence electrons. The van der Waals surface area contributed by atoms with Gasteiger partial charge in [-0.2, -0.15) is 13.2 Å². The molecule has 0 radical (unpaired) electrons. The van der Waals surface area contributed by atoms with Crippen LogP contribution >= 0.6 is 0 Å². The summed E-state index contributed by atoms with van der Waals surface area (Å²) in [6.07, 6.45) is -4.35. The Balaban J connectivity index is 2.05. The Labute approximate surface area is 133 Å². The van der Waals surface area contributed by atoms with Gasteiger partial charge in [0.05, 0.1) is 11.3 Å². The molecule has 0 heterocycles. The third-order valence-corrected chi connectivity index (χ3v) is 3.61. The Kier molecular flexibility index (Phi) is 5.08. The first-order valence-corrected chi connectivity index (χ1v) is 7.17. The fraction of sp³-hybridized carbons (Fsp3) is 0.278. The van der Waals surface area contributed by atoms with Crippen molar-refractivity contribution in [2.24, 2.45) is 5.16 Å². The highest BCUT2D eigenvalue weighted by Gasteiger charge is 2.30. The summed E-state index contributed by atoms with van der Waals surface area (Å²) in [5, 5.41) is 3.99. The number of rotatable bonds is 4. The second-order valence-electron chi connectivity index (χ2n) is 5.45. The number of aryl methyl sites for hydroxylation is 2. The van der Waals surface area contributed by atoms with Crippen molar-refractivity contribution < 1.29 is 18.0 Å². The van der Waals surface area contributed by atoms with Crippen LogP contribution in [-0.2, 0) is 17.6 Å². The summed E-state index contributed by atoms with van der Waals surface area (Å²) in [5.41, 5.74) is 3.68. The third kappa shape index (κ3) is 4.58. The summed E-state index contributed by atoms with van der Waals surface area (Å²) in [6, 6.07) is 11.0. The van der Waals surface area contributed by atoms with Gasteiger partial charge < -0.3 is 4.84 Å². The van der Waals surface area contributed by atoms with E-state index < -0.39 is 11.7 Å². The zero-order valence-corrected chi connectivity index (χ0v) is 13.2. The van der Waals surface area contributed by atoms with Gasteiger partial charge in [-0.25, -0.2) is 0 Å². The van der Waals surface area contributed by atoms with Crippen molar-refractivity contribution in [2.45, 2.75) is 33.6 Å². The van der Waals surface area contributed by atoms with Gasteiger partial charge >= 0.3 is 6.18 Å². The van der Waals surface area contributed by atoms with E-state index in [4.69, 9.17) is 4.84 Å². The third-order valence-electron chi connectivity index (χ3n) is 3.61. The van der Waals surface area contributed by atoms with E-state index in [0.29, 0.717) is 11.3 Å². The molecule has 0 aliphatic heterocycles. The van der Waals surface area contributed by atoms with Crippen molar-refractivity contribution in [2.75, 3.05) is 0 Å². The highest BCUT2D eigenvalue weighted by Crippen LogP contribution is 2.29.